The third-order valence-corrected chi connectivity index (χ3v) is 4.59. The van der Waals surface area contributed by atoms with Gasteiger partial charge in [-0.05, 0) is 55.5 Å². The number of anilines is 1. The quantitative estimate of drug-likeness (QED) is 0.836. The van der Waals surface area contributed by atoms with Crippen LogP contribution in [-0.2, 0) is 16.1 Å². The van der Waals surface area contributed by atoms with Crippen molar-refractivity contribution in [3.63, 3.8) is 0 Å². The summed E-state index contributed by atoms with van der Waals surface area (Å²) in [6.45, 7) is 2.38. The van der Waals surface area contributed by atoms with Gasteiger partial charge in [0.15, 0.2) is 0 Å². The number of benzene rings is 2. The number of methoxy groups -OCH3 is 1. The summed E-state index contributed by atoms with van der Waals surface area (Å²) >= 11 is 0. The van der Waals surface area contributed by atoms with E-state index in [-0.39, 0.29) is 5.91 Å². The van der Waals surface area contributed by atoms with E-state index in [1.165, 1.54) is 0 Å². The van der Waals surface area contributed by atoms with Crippen LogP contribution in [0.5, 0.6) is 5.75 Å². The highest BCUT2D eigenvalue weighted by atomic mass is 16.5. The fourth-order valence-corrected chi connectivity index (χ4v) is 2.71. The lowest BCUT2D eigenvalue weighted by atomic mass is 9.99. The standard InChI is InChI=1S/C20H23NO3/c1-20(23-2,16-8-9-16)19(22)21-17-10-12-18(13-11-17)24-14-15-6-4-3-5-7-15/h3-7,10-13,16H,8-9,14H2,1-2H3,(H,21,22)/t20-/m1/s1. The molecule has 1 saturated carbocycles. The molecule has 1 N–H and O–H groups in total. The van der Waals surface area contributed by atoms with Crippen LogP contribution in [-0.4, -0.2) is 18.6 Å². The number of carbonyl (C=O) groups excluding carboxylic acids is 1. The lowest BCUT2D eigenvalue weighted by Gasteiger charge is -2.26. The number of rotatable bonds is 7. The van der Waals surface area contributed by atoms with E-state index >= 15 is 0 Å². The monoisotopic (exact) mass is 325 g/mol. The van der Waals surface area contributed by atoms with Crippen molar-refractivity contribution in [1.29, 1.82) is 0 Å². The van der Waals surface area contributed by atoms with Crippen molar-refractivity contribution in [1.82, 2.24) is 0 Å². The van der Waals surface area contributed by atoms with Gasteiger partial charge in [0, 0.05) is 12.8 Å². The Labute approximate surface area is 142 Å². The third-order valence-electron chi connectivity index (χ3n) is 4.59. The molecule has 2 aromatic rings. The van der Waals surface area contributed by atoms with E-state index in [0.717, 1.165) is 29.8 Å². The van der Waals surface area contributed by atoms with Crippen molar-refractivity contribution < 1.29 is 14.3 Å². The molecule has 4 heteroatoms. The minimum atomic E-state index is -0.748. The molecular formula is C20H23NO3. The topological polar surface area (TPSA) is 47.6 Å². The second kappa shape index (κ2) is 7.05. The molecule has 0 radical (unpaired) electrons. The molecule has 24 heavy (non-hydrogen) atoms. The fourth-order valence-electron chi connectivity index (χ4n) is 2.71. The molecular weight excluding hydrogens is 302 g/mol. The van der Waals surface area contributed by atoms with Crippen LogP contribution in [0.4, 0.5) is 5.69 Å². The Bertz CT molecular complexity index is 680. The number of ether oxygens (including phenoxy) is 2. The van der Waals surface area contributed by atoms with E-state index < -0.39 is 5.60 Å². The minimum absolute atomic E-state index is 0.0922. The van der Waals surface area contributed by atoms with Crippen LogP contribution in [0.1, 0.15) is 25.3 Å². The summed E-state index contributed by atoms with van der Waals surface area (Å²) in [6, 6.07) is 17.4. The first-order chi connectivity index (χ1) is 11.6. The summed E-state index contributed by atoms with van der Waals surface area (Å²) in [7, 11) is 1.60. The van der Waals surface area contributed by atoms with Crippen LogP contribution >= 0.6 is 0 Å². The molecule has 2 aromatic carbocycles. The number of nitrogens with one attached hydrogen (secondary N) is 1. The number of carbonyl (C=O) groups is 1. The van der Waals surface area contributed by atoms with Crippen molar-refractivity contribution in [2.75, 3.05) is 12.4 Å². The molecule has 0 spiro atoms. The highest BCUT2D eigenvalue weighted by Crippen LogP contribution is 2.42. The summed E-state index contributed by atoms with van der Waals surface area (Å²) in [5, 5.41) is 2.94. The maximum absolute atomic E-state index is 12.5. The van der Waals surface area contributed by atoms with Crippen molar-refractivity contribution in [3.05, 3.63) is 60.2 Å². The van der Waals surface area contributed by atoms with Gasteiger partial charge in [0.2, 0.25) is 0 Å². The Morgan fingerprint density at radius 1 is 1.12 bits per heavy atom. The maximum Gasteiger partial charge on any atom is 0.256 e. The Hall–Kier alpha value is -2.33. The average molecular weight is 325 g/mol. The van der Waals surface area contributed by atoms with Crippen molar-refractivity contribution in [3.8, 4) is 5.75 Å². The molecule has 0 unspecified atom stereocenters. The van der Waals surface area contributed by atoms with Gasteiger partial charge in [-0.25, -0.2) is 0 Å². The predicted octanol–water partition coefficient (Wildman–Crippen LogP) is 4.02. The van der Waals surface area contributed by atoms with E-state index in [0.29, 0.717) is 12.5 Å². The van der Waals surface area contributed by atoms with Crippen LogP contribution < -0.4 is 10.1 Å². The summed E-state index contributed by atoms with van der Waals surface area (Å²) in [4.78, 5) is 12.5. The summed E-state index contributed by atoms with van der Waals surface area (Å²) in [5.41, 5.74) is 1.12. The number of hydrogen-bond acceptors (Lipinski definition) is 3. The van der Waals surface area contributed by atoms with E-state index in [2.05, 4.69) is 5.32 Å². The van der Waals surface area contributed by atoms with E-state index in [1.54, 1.807) is 7.11 Å². The van der Waals surface area contributed by atoms with Crippen LogP contribution in [0.3, 0.4) is 0 Å². The van der Waals surface area contributed by atoms with Gasteiger partial charge < -0.3 is 14.8 Å². The van der Waals surface area contributed by atoms with Gasteiger partial charge in [-0.15, -0.1) is 0 Å². The molecule has 126 valence electrons. The molecule has 4 nitrogen and oxygen atoms in total. The zero-order valence-corrected chi connectivity index (χ0v) is 14.1. The Morgan fingerprint density at radius 2 is 1.79 bits per heavy atom. The lowest BCUT2D eigenvalue weighted by molar-refractivity contribution is -0.138. The normalized spacial score (nSPS) is 16.2. The highest BCUT2D eigenvalue weighted by molar-refractivity contribution is 5.97. The average Bonchev–Trinajstić information content (AvgIpc) is 3.47. The third kappa shape index (κ3) is 3.77. The van der Waals surface area contributed by atoms with Gasteiger partial charge in [0.25, 0.3) is 5.91 Å². The molecule has 0 saturated heterocycles. The molecule has 0 aliphatic heterocycles. The molecule has 0 bridgehead atoms. The summed E-state index contributed by atoms with van der Waals surface area (Å²) < 4.78 is 11.2. The molecule has 1 atom stereocenters. The first kappa shape index (κ1) is 16.5. The summed E-state index contributed by atoms with van der Waals surface area (Å²) in [6.07, 6.45) is 2.09. The zero-order chi connectivity index (χ0) is 17.0. The molecule has 1 aliphatic rings. The largest absolute Gasteiger partial charge is 0.489 e. The lowest BCUT2D eigenvalue weighted by Crippen LogP contribution is -2.43. The molecule has 0 heterocycles. The highest BCUT2D eigenvalue weighted by Gasteiger charge is 2.47. The predicted molar refractivity (Wildman–Crippen MR) is 94.0 cm³/mol. The van der Waals surface area contributed by atoms with E-state index in [4.69, 9.17) is 9.47 Å². The van der Waals surface area contributed by atoms with Crippen LogP contribution in [0.2, 0.25) is 0 Å². The number of amides is 1. The SMILES string of the molecule is CO[C@@](C)(C(=O)Nc1ccc(OCc2ccccc2)cc1)C1CC1. The van der Waals surface area contributed by atoms with Crippen molar-refractivity contribution >= 4 is 11.6 Å². The van der Waals surface area contributed by atoms with Gasteiger partial charge in [-0.3, -0.25) is 4.79 Å². The minimum Gasteiger partial charge on any atom is -0.489 e. The summed E-state index contributed by atoms with van der Waals surface area (Å²) in [5.74, 6) is 0.995. The van der Waals surface area contributed by atoms with Crippen molar-refractivity contribution in [2.24, 2.45) is 5.92 Å². The van der Waals surface area contributed by atoms with Crippen molar-refractivity contribution in [2.45, 2.75) is 32.0 Å². The molecule has 1 fully saturated rings. The number of hydrogen-bond donors (Lipinski definition) is 1. The fraction of sp³-hybridized carbons (Fsp3) is 0.350. The van der Waals surface area contributed by atoms with Gasteiger partial charge in [-0.1, -0.05) is 30.3 Å². The zero-order valence-electron chi connectivity index (χ0n) is 14.1. The second-order valence-corrected chi connectivity index (χ2v) is 6.34. The molecule has 1 amide bonds. The van der Waals surface area contributed by atoms with Crippen LogP contribution in [0.15, 0.2) is 54.6 Å². The van der Waals surface area contributed by atoms with Crippen LogP contribution in [0.25, 0.3) is 0 Å². The van der Waals surface area contributed by atoms with Crippen LogP contribution in [0, 0.1) is 5.92 Å². The Morgan fingerprint density at radius 3 is 2.38 bits per heavy atom. The smallest absolute Gasteiger partial charge is 0.256 e. The first-order valence-corrected chi connectivity index (χ1v) is 8.25. The van der Waals surface area contributed by atoms with Gasteiger partial charge in [0.05, 0.1) is 0 Å². The van der Waals surface area contributed by atoms with E-state index in [9.17, 15) is 4.79 Å². The van der Waals surface area contributed by atoms with Gasteiger partial charge in [-0.2, -0.15) is 0 Å². The Kier molecular flexibility index (Phi) is 4.86. The molecule has 0 aromatic heterocycles. The first-order valence-electron chi connectivity index (χ1n) is 8.25. The second-order valence-electron chi connectivity index (χ2n) is 6.34. The van der Waals surface area contributed by atoms with Gasteiger partial charge >= 0.3 is 0 Å². The van der Waals surface area contributed by atoms with E-state index in [1.807, 2.05) is 61.5 Å². The molecule has 3 rings (SSSR count). The molecule has 1 aliphatic carbocycles. The van der Waals surface area contributed by atoms with Gasteiger partial charge in [0.1, 0.15) is 18.0 Å². The maximum atomic E-state index is 12.5. The Balaban J connectivity index is 1.57.